The fourth-order valence-corrected chi connectivity index (χ4v) is 16.4. The number of thioether (sulfide) groups is 1. The van der Waals surface area contributed by atoms with Crippen molar-refractivity contribution in [2.24, 2.45) is 0 Å². The van der Waals surface area contributed by atoms with E-state index in [4.69, 9.17) is 0 Å². The molecular weight excluding hydrogens is 433 g/mol. The van der Waals surface area contributed by atoms with E-state index in [2.05, 4.69) is 53.9 Å². The van der Waals surface area contributed by atoms with Gasteiger partial charge < -0.3 is 0 Å². The second-order valence-corrected chi connectivity index (χ2v) is 15.6. The Morgan fingerprint density at radius 3 is 2.60 bits per heavy atom. The van der Waals surface area contributed by atoms with Crippen LogP contribution in [0.25, 0.3) is 9.41 Å². The summed E-state index contributed by atoms with van der Waals surface area (Å²) in [7, 11) is 0. The van der Waals surface area contributed by atoms with Gasteiger partial charge in [-0.05, 0) is 0 Å². The normalized spacial score (nSPS) is 20.3. The first-order valence-electron chi connectivity index (χ1n) is 8.37. The van der Waals surface area contributed by atoms with Crippen molar-refractivity contribution in [1.82, 2.24) is 5.32 Å². The van der Waals surface area contributed by atoms with Crippen molar-refractivity contribution in [3.8, 4) is 0 Å². The SMILES string of the molecule is O=C1NC(=O)/C(=[C]2\c3ccc4[c](c3)[In]2[C](CCc2ccccc2)=C4)S1. The summed E-state index contributed by atoms with van der Waals surface area (Å²) in [4.78, 5) is 24.6. The number of benzene rings is 2. The fraction of sp³-hybridized carbons (Fsp3) is 0.100. The summed E-state index contributed by atoms with van der Waals surface area (Å²) in [5.74, 6) is -0.208. The van der Waals surface area contributed by atoms with Crippen molar-refractivity contribution >= 4 is 57.1 Å². The molecule has 25 heavy (non-hydrogen) atoms. The fourth-order valence-electron chi connectivity index (χ4n) is 4.02. The minimum absolute atomic E-state index is 0.208. The van der Waals surface area contributed by atoms with Crippen LogP contribution in [0.3, 0.4) is 0 Å². The molecule has 1 saturated heterocycles. The first-order chi connectivity index (χ1) is 12.2. The molecule has 2 aromatic rings. The molecule has 3 nitrogen and oxygen atoms in total. The van der Waals surface area contributed by atoms with Crippen molar-refractivity contribution in [2.45, 2.75) is 12.8 Å². The molecule has 0 aliphatic carbocycles. The molecule has 0 atom stereocenters. The van der Waals surface area contributed by atoms with E-state index in [-0.39, 0.29) is 11.1 Å². The van der Waals surface area contributed by atoms with Crippen molar-refractivity contribution in [3.05, 3.63) is 73.5 Å². The van der Waals surface area contributed by atoms with Gasteiger partial charge in [0.05, 0.1) is 0 Å². The average molecular weight is 447 g/mol. The number of nitrogens with one attached hydrogen (secondary N) is 1. The predicted octanol–water partition coefficient (Wildman–Crippen LogP) is 3.20. The number of fused-ring (bicyclic) bond motifs is 1. The third-order valence-corrected chi connectivity index (χ3v) is 16.7. The van der Waals surface area contributed by atoms with Gasteiger partial charge in [0, 0.05) is 0 Å². The van der Waals surface area contributed by atoms with E-state index in [0.29, 0.717) is 4.91 Å². The molecule has 2 bridgehead atoms. The summed E-state index contributed by atoms with van der Waals surface area (Å²) >= 11 is -1.33. The van der Waals surface area contributed by atoms with Crippen LogP contribution in [0.15, 0.2) is 56.8 Å². The number of imide groups is 1. The van der Waals surface area contributed by atoms with E-state index in [1.165, 1.54) is 17.8 Å². The molecule has 0 unspecified atom stereocenters. The Morgan fingerprint density at radius 1 is 1.00 bits per heavy atom. The van der Waals surface area contributed by atoms with Crippen LogP contribution < -0.4 is 8.64 Å². The number of allylic oxidation sites excluding steroid dienone is 1. The Bertz CT molecular complexity index is 994. The van der Waals surface area contributed by atoms with E-state index in [1.807, 2.05) is 6.07 Å². The Kier molecular flexibility index (Phi) is 3.68. The maximum absolute atomic E-state index is 12.3. The molecule has 3 aliphatic rings. The van der Waals surface area contributed by atoms with E-state index >= 15 is 0 Å². The molecular formula is C20H14InNO2S. The number of carbonyl (C=O) groups is 2. The molecule has 5 heteroatoms. The number of aryl methyl sites for hydroxylation is 1. The summed E-state index contributed by atoms with van der Waals surface area (Å²) < 4.78 is 4.24. The van der Waals surface area contributed by atoms with E-state index in [0.717, 1.165) is 30.2 Å². The molecule has 2 aromatic carbocycles. The molecule has 2 amide bonds. The van der Waals surface area contributed by atoms with E-state index in [9.17, 15) is 9.59 Å². The molecule has 0 aromatic heterocycles. The topological polar surface area (TPSA) is 46.2 Å². The quantitative estimate of drug-likeness (QED) is 0.736. The van der Waals surface area contributed by atoms with Crippen LogP contribution in [0.5, 0.6) is 0 Å². The van der Waals surface area contributed by atoms with Crippen LogP contribution >= 0.6 is 11.8 Å². The second-order valence-electron chi connectivity index (χ2n) is 6.57. The summed E-state index contributed by atoms with van der Waals surface area (Å²) in [6.45, 7) is 0. The molecule has 120 valence electrons. The standard InChI is InChI=1S/C20H14NO2S.In/c22-19-18(24-20(23)21-19)14-17-12-10-16(11-13-17)9-5-4-8-15-6-2-1-3-7-15;/h1-3,6-7,9-10,12-13H,4,8H2,(H,21,22,23);. The second kappa shape index (κ2) is 5.92. The minimum atomic E-state index is -2.42. The Labute approximate surface area is 157 Å². The van der Waals surface area contributed by atoms with E-state index in [1.54, 1.807) is 3.33 Å². The molecule has 1 N–H and O–H groups in total. The van der Waals surface area contributed by atoms with Gasteiger partial charge in [-0.1, -0.05) is 0 Å². The summed E-state index contributed by atoms with van der Waals surface area (Å²) in [5, 5.41) is 2.18. The van der Waals surface area contributed by atoms with Gasteiger partial charge in [0.25, 0.3) is 0 Å². The number of hydrogen-bond donors (Lipinski definition) is 1. The number of amides is 2. The van der Waals surface area contributed by atoms with Crippen LogP contribution in [0, 0.1) is 0 Å². The van der Waals surface area contributed by atoms with Gasteiger partial charge in [-0.15, -0.1) is 0 Å². The Hall–Kier alpha value is -1.72. The van der Waals surface area contributed by atoms with Crippen molar-refractivity contribution < 1.29 is 9.59 Å². The number of hydrogen-bond acceptors (Lipinski definition) is 3. The van der Waals surface area contributed by atoms with Crippen molar-refractivity contribution in [3.63, 3.8) is 0 Å². The van der Waals surface area contributed by atoms with Crippen LogP contribution in [0.2, 0.25) is 0 Å². The molecule has 0 spiro atoms. The van der Waals surface area contributed by atoms with Gasteiger partial charge >= 0.3 is 158 Å². The van der Waals surface area contributed by atoms with Crippen molar-refractivity contribution in [2.75, 3.05) is 0 Å². The van der Waals surface area contributed by atoms with Crippen molar-refractivity contribution in [1.29, 1.82) is 0 Å². The molecule has 0 radical (unpaired) electrons. The van der Waals surface area contributed by atoms with Gasteiger partial charge in [0.2, 0.25) is 0 Å². The molecule has 3 aliphatic heterocycles. The zero-order valence-corrected chi connectivity index (χ0v) is 17.5. The first-order valence-corrected chi connectivity index (χ1v) is 14.1. The summed E-state index contributed by atoms with van der Waals surface area (Å²) in [5.41, 5.74) is 3.84. The third-order valence-electron chi connectivity index (χ3n) is 5.12. The zero-order valence-electron chi connectivity index (χ0n) is 13.4. The Morgan fingerprint density at radius 2 is 1.84 bits per heavy atom. The molecule has 0 saturated carbocycles. The van der Waals surface area contributed by atoms with Gasteiger partial charge in [0.15, 0.2) is 0 Å². The maximum atomic E-state index is 12.3. The Balaban J connectivity index is 1.52. The van der Waals surface area contributed by atoms with Gasteiger partial charge in [-0.25, -0.2) is 0 Å². The average Bonchev–Trinajstić information content (AvgIpc) is 3.22. The van der Waals surface area contributed by atoms with Crippen LogP contribution in [0.1, 0.15) is 23.1 Å². The summed E-state index contributed by atoms with van der Waals surface area (Å²) in [6, 6.07) is 17.1. The van der Waals surface area contributed by atoms with Crippen LogP contribution in [-0.4, -0.2) is 32.6 Å². The van der Waals surface area contributed by atoms with Gasteiger partial charge in [-0.2, -0.15) is 0 Å². The molecule has 3 heterocycles. The van der Waals surface area contributed by atoms with Crippen LogP contribution in [-0.2, 0) is 11.2 Å². The predicted molar refractivity (Wildman–Crippen MR) is 103 cm³/mol. The number of carbonyl (C=O) groups excluding carboxylic acids is 2. The molecule has 1 fully saturated rings. The van der Waals surface area contributed by atoms with Gasteiger partial charge in [-0.3, -0.25) is 0 Å². The van der Waals surface area contributed by atoms with E-state index < -0.39 is 21.4 Å². The molecule has 5 rings (SSSR count). The summed E-state index contributed by atoms with van der Waals surface area (Å²) in [6.07, 6.45) is 4.42. The number of rotatable bonds is 3. The van der Waals surface area contributed by atoms with Gasteiger partial charge in [0.1, 0.15) is 0 Å². The monoisotopic (exact) mass is 447 g/mol. The first kappa shape index (κ1) is 15.5. The zero-order chi connectivity index (χ0) is 17.0. The van der Waals surface area contributed by atoms with Crippen LogP contribution in [0.4, 0.5) is 4.79 Å². The third kappa shape index (κ3) is 2.52.